The first-order valence-electron chi connectivity index (χ1n) is 14.1. The summed E-state index contributed by atoms with van der Waals surface area (Å²) < 4.78 is 37.0. The fraction of sp³-hybridized carbons (Fsp3) is 0.452. The number of likely N-dealkylation sites (N-methyl/N-ethyl adjacent to an activating group) is 1. The zero-order valence-electron chi connectivity index (χ0n) is 24.7. The van der Waals surface area contributed by atoms with E-state index in [9.17, 15) is 14.0 Å². The Bertz CT molecular complexity index is 1580. The number of aromatic nitrogens is 2. The van der Waals surface area contributed by atoms with Gasteiger partial charge in [-0.3, -0.25) is 9.36 Å². The highest BCUT2D eigenvalue weighted by atomic mass is 32.2. The van der Waals surface area contributed by atoms with Crippen LogP contribution in [0.2, 0.25) is 0 Å². The van der Waals surface area contributed by atoms with E-state index in [2.05, 4.69) is 16.5 Å². The molecule has 0 saturated carbocycles. The topological polar surface area (TPSA) is 70.9 Å². The average molecular weight is 598 g/mol. The van der Waals surface area contributed by atoms with Gasteiger partial charge in [0.1, 0.15) is 17.5 Å². The maximum atomic E-state index is 15.2. The Kier molecular flexibility index (Phi) is 8.73. The zero-order valence-corrected chi connectivity index (χ0v) is 25.5. The van der Waals surface area contributed by atoms with Crippen LogP contribution in [0.25, 0.3) is 22.0 Å². The minimum absolute atomic E-state index is 0.130. The number of halogens is 2. The van der Waals surface area contributed by atoms with E-state index < -0.39 is 17.3 Å². The van der Waals surface area contributed by atoms with E-state index in [0.29, 0.717) is 48.9 Å². The van der Waals surface area contributed by atoms with Gasteiger partial charge in [0.05, 0.1) is 24.8 Å². The second-order valence-corrected chi connectivity index (χ2v) is 12.4. The molecule has 1 fully saturated rings. The lowest BCUT2D eigenvalue weighted by Gasteiger charge is -2.44. The smallest absolute Gasteiger partial charge is 0.350 e. The number of carbonyl (C=O) groups excluding carboxylic acids is 1. The number of carbonyl (C=O) groups is 1. The quantitative estimate of drug-likeness (QED) is 0.376. The lowest BCUT2D eigenvalue weighted by atomic mass is 9.97. The summed E-state index contributed by atoms with van der Waals surface area (Å²) in [7, 11) is 3.94. The molecule has 2 aromatic carbocycles. The van der Waals surface area contributed by atoms with Crippen molar-refractivity contribution in [3.8, 4) is 11.1 Å². The third-order valence-corrected chi connectivity index (χ3v) is 9.16. The van der Waals surface area contributed by atoms with Crippen LogP contribution < -0.4 is 10.6 Å². The Balaban J connectivity index is 1.68. The molecule has 0 bridgehead atoms. The molecule has 0 radical (unpaired) electrons. The summed E-state index contributed by atoms with van der Waals surface area (Å²) in [4.78, 5) is 37.5. The molecule has 8 nitrogen and oxygen atoms in total. The molecule has 11 heteroatoms. The van der Waals surface area contributed by atoms with E-state index in [4.69, 9.17) is 4.74 Å². The summed E-state index contributed by atoms with van der Waals surface area (Å²) in [5, 5.41) is 0.776. The Hall–Kier alpha value is -3.28. The van der Waals surface area contributed by atoms with Gasteiger partial charge in [0.2, 0.25) is 5.91 Å². The predicted molar refractivity (Wildman–Crippen MR) is 163 cm³/mol. The number of piperazine rings is 1. The standard InChI is InChI=1S/C31H37F2N5O3S/c1-7-26(39)38-19(3)14-36(15-20(38)4)30-24-12-18(2)27(23-9-8-21(32)13-25(23)33)29-28(24)37(31(40)34-30)16-22(17-42-29)41-11-10-35(5)6/h7-9,12-13,19-20,22H,1,10-11,14-17H2,2-6H3/t19-,20+,22?. The summed E-state index contributed by atoms with van der Waals surface area (Å²) in [6.45, 7) is 12.0. The number of benzene rings is 2. The summed E-state index contributed by atoms with van der Waals surface area (Å²) in [6, 6.07) is 5.27. The van der Waals surface area contributed by atoms with Gasteiger partial charge in [0, 0.05) is 64.9 Å². The monoisotopic (exact) mass is 597 g/mol. The highest BCUT2D eigenvalue weighted by molar-refractivity contribution is 7.99. The van der Waals surface area contributed by atoms with Crippen LogP contribution in [-0.2, 0) is 16.1 Å². The highest BCUT2D eigenvalue weighted by Crippen LogP contribution is 2.44. The maximum Gasteiger partial charge on any atom is 0.350 e. The van der Waals surface area contributed by atoms with E-state index in [1.54, 1.807) is 9.47 Å². The van der Waals surface area contributed by atoms with Crippen LogP contribution in [0.4, 0.5) is 14.6 Å². The van der Waals surface area contributed by atoms with Gasteiger partial charge in [0.25, 0.3) is 0 Å². The van der Waals surface area contributed by atoms with Gasteiger partial charge in [-0.15, -0.1) is 11.8 Å². The number of thioether (sulfide) groups is 1. The molecule has 3 aromatic rings. The van der Waals surface area contributed by atoms with Gasteiger partial charge in [-0.2, -0.15) is 4.98 Å². The SMILES string of the molecule is C=CC(=O)N1[C@H](C)CN(c2nc(=O)n3c4c(c(-c5ccc(F)cc5F)c(C)cc24)SCC(OCCN(C)C)C3)C[C@@H]1C. The van der Waals surface area contributed by atoms with Crippen molar-refractivity contribution in [1.29, 1.82) is 0 Å². The molecule has 3 atom stereocenters. The number of hydrogen-bond donors (Lipinski definition) is 0. The van der Waals surface area contributed by atoms with E-state index in [0.717, 1.165) is 28.5 Å². The van der Waals surface area contributed by atoms with Crippen LogP contribution in [-0.4, -0.2) is 89.5 Å². The number of hydrogen-bond acceptors (Lipinski definition) is 7. The van der Waals surface area contributed by atoms with Crippen molar-refractivity contribution in [3.05, 3.63) is 64.6 Å². The number of anilines is 1. The summed E-state index contributed by atoms with van der Waals surface area (Å²) >= 11 is 1.52. The second kappa shape index (κ2) is 12.1. The molecular formula is C31H37F2N5O3S. The predicted octanol–water partition coefficient (Wildman–Crippen LogP) is 4.31. The van der Waals surface area contributed by atoms with Crippen LogP contribution in [0.15, 0.2) is 46.6 Å². The lowest BCUT2D eigenvalue weighted by Crippen LogP contribution is -2.58. The Labute approximate surface area is 248 Å². The molecule has 1 saturated heterocycles. The van der Waals surface area contributed by atoms with Gasteiger partial charge in [0.15, 0.2) is 0 Å². The largest absolute Gasteiger partial charge is 0.374 e. The molecular weight excluding hydrogens is 560 g/mol. The van der Waals surface area contributed by atoms with Crippen molar-refractivity contribution in [2.75, 3.05) is 51.0 Å². The molecule has 2 aliphatic heterocycles. The van der Waals surface area contributed by atoms with Crippen molar-refractivity contribution in [1.82, 2.24) is 19.4 Å². The Morgan fingerprint density at radius 3 is 2.55 bits per heavy atom. The summed E-state index contributed by atoms with van der Waals surface area (Å²) in [5.74, 6) is -0.350. The van der Waals surface area contributed by atoms with Crippen molar-refractivity contribution < 1.29 is 18.3 Å². The molecule has 3 heterocycles. The van der Waals surface area contributed by atoms with Crippen LogP contribution in [0, 0.1) is 18.6 Å². The molecule has 2 aliphatic rings. The first kappa shape index (κ1) is 30.2. The molecule has 42 heavy (non-hydrogen) atoms. The maximum absolute atomic E-state index is 15.2. The lowest BCUT2D eigenvalue weighted by molar-refractivity contribution is -0.130. The third-order valence-electron chi connectivity index (χ3n) is 7.94. The van der Waals surface area contributed by atoms with E-state index in [1.165, 1.54) is 30.0 Å². The van der Waals surface area contributed by atoms with Crippen LogP contribution >= 0.6 is 11.8 Å². The molecule has 0 N–H and O–H groups in total. The van der Waals surface area contributed by atoms with Crippen molar-refractivity contribution >= 4 is 34.4 Å². The van der Waals surface area contributed by atoms with Crippen molar-refractivity contribution in [2.24, 2.45) is 0 Å². The van der Waals surface area contributed by atoms with E-state index >= 15 is 4.39 Å². The number of nitrogens with zero attached hydrogens (tertiary/aromatic N) is 5. The molecule has 0 aliphatic carbocycles. The van der Waals surface area contributed by atoms with E-state index in [-0.39, 0.29) is 29.7 Å². The number of ether oxygens (including phenoxy) is 1. The number of aryl methyl sites for hydroxylation is 1. The summed E-state index contributed by atoms with van der Waals surface area (Å²) in [5.41, 5.74) is 1.95. The van der Waals surface area contributed by atoms with Crippen LogP contribution in [0.3, 0.4) is 0 Å². The van der Waals surface area contributed by atoms with Crippen LogP contribution in [0.5, 0.6) is 0 Å². The van der Waals surface area contributed by atoms with E-state index in [1.807, 2.05) is 45.8 Å². The van der Waals surface area contributed by atoms with Gasteiger partial charge in [-0.05, 0) is 64.7 Å². The summed E-state index contributed by atoms with van der Waals surface area (Å²) in [6.07, 6.45) is 1.06. The number of amides is 1. The molecule has 1 amide bonds. The van der Waals surface area contributed by atoms with Gasteiger partial charge in [-0.25, -0.2) is 13.6 Å². The molecule has 0 spiro atoms. The first-order valence-corrected chi connectivity index (χ1v) is 15.1. The zero-order chi connectivity index (χ0) is 30.3. The first-order chi connectivity index (χ1) is 20.0. The minimum Gasteiger partial charge on any atom is -0.374 e. The Morgan fingerprint density at radius 1 is 1.19 bits per heavy atom. The fourth-order valence-corrected chi connectivity index (χ4v) is 7.40. The molecule has 1 unspecified atom stereocenters. The molecule has 224 valence electrons. The minimum atomic E-state index is -0.661. The van der Waals surface area contributed by atoms with Gasteiger partial charge >= 0.3 is 5.69 Å². The molecule has 1 aromatic heterocycles. The van der Waals surface area contributed by atoms with Crippen molar-refractivity contribution in [3.63, 3.8) is 0 Å². The van der Waals surface area contributed by atoms with Crippen LogP contribution in [0.1, 0.15) is 19.4 Å². The Morgan fingerprint density at radius 2 is 1.90 bits per heavy atom. The normalized spacial score (nSPS) is 20.7. The fourth-order valence-electron chi connectivity index (χ4n) is 6.07. The van der Waals surface area contributed by atoms with Gasteiger partial charge in [-0.1, -0.05) is 6.58 Å². The third kappa shape index (κ3) is 5.69. The molecule has 5 rings (SSSR count). The average Bonchev–Trinajstić information content (AvgIpc) is 3.11. The number of rotatable bonds is 7. The second-order valence-electron chi connectivity index (χ2n) is 11.4. The van der Waals surface area contributed by atoms with Crippen molar-refractivity contribution in [2.45, 2.75) is 50.4 Å². The van der Waals surface area contributed by atoms with Gasteiger partial charge < -0.3 is 19.4 Å². The highest BCUT2D eigenvalue weighted by Gasteiger charge is 2.35.